The molecule has 2 rings (SSSR count). The van der Waals surface area contributed by atoms with E-state index in [1.54, 1.807) is 6.07 Å². The van der Waals surface area contributed by atoms with Gasteiger partial charge in [0.25, 0.3) is 0 Å². The Kier molecular flexibility index (Phi) is 5.48. The SMILES string of the molecule is FC(F)(F)c1cc(Br)cc(NC(=S)NC2CCCCC2)c1. The Bertz CT molecular complexity index is 513. The van der Waals surface area contributed by atoms with Gasteiger partial charge in [0.1, 0.15) is 0 Å². The highest BCUT2D eigenvalue weighted by Gasteiger charge is 2.31. The minimum Gasteiger partial charge on any atom is -0.360 e. The molecule has 0 aliphatic heterocycles. The van der Waals surface area contributed by atoms with E-state index in [0.717, 1.165) is 37.8 Å². The van der Waals surface area contributed by atoms with Crippen LogP contribution in [-0.2, 0) is 6.18 Å². The molecule has 0 unspecified atom stereocenters. The number of halogens is 4. The van der Waals surface area contributed by atoms with Crippen molar-refractivity contribution in [3.05, 3.63) is 28.2 Å². The molecule has 116 valence electrons. The van der Waals surface area contributed by atoms with E-state index in [9.17, 15) is 13.2 Å². The van der Waals surface area contributed by atoms with Gasteiger partial charge in [-0.3, -0.25) is 0 Å². The van der Waals surface area contributed by atoms with Crippen LogP contribution in [0.25, 0.3) is 0 Å². The summed E-state index contributed by atoms with van der Waals surface area (Å²) in [6.45, 7) is 0. The fraction of sp³-hybridized carbons (Fsp3) is 0.500. The molecule has 1 aromatic rings. The summed E-state index contributed by atoms with van der Waals surface area (Å²) >= 11 is 8.27. The van der Waals surface area contributed by atoms with Crippen LogP contribution in [0.3, 0.4) is 0 Å². The molecule has 21 heavy (non-hydrogen) atoms. The number of rotatable bonds is 2. The van der Waals surface area contributed by atoms with Gasteiger partial charge in [-0.25, -0.2) is 0 Å². The summed E-state index contributed by atoms with van der Waals surface area (Å²) < 4.78 is 38.6. The summed E-state index contributed by atoms with van der Waals surface area (Å²) in [5.41, 5.74) is -0.384. The van der Waals surface area contributed by atoms with Gasteiger partial charge >= 0.3 is 6.18 Å². The number of nitrogens with one attached hydrogen (secondary N) is 2. The van der Waals surface area contributed by atoms with Crippen LogP contribution >= 0.6 is 28.1 Å². The molecule has 2 N–H and O–H groups in total. The third-order valence-electron chi connectivity index (χ3n) is 3.42. The Hall–Kier alpha value is -0.820. The highest BCUT2D eigenvalue weighted by Crippen LogP contribution is 2.33. The van der Waals surface area contributed by atoms with Crippen molar-refractivity contribution in [3.63, 3.8) is 0 Å². The second kappa shape index (κ2) is 6.96. The van der Waals surface area contributed by atoms with Crippen LogP contribution in [-0.4, -0.2) is 11.2 Å². The van der Waals surface area contributed by atoms with Crippen LogP contribution in [0.5, 0.6) is 0 Å². The summed E-state index contributed by atoms with van der Waals surface area (Å²) in [7, 11) is 0. The van der Waals surface area contributed by atoms with E-state index in [1.165, 1.54) is 6.42 Å². The Balaban J connectivity index is 2.01. The number of thiocarbonyl (C=S) groups is 1. The van der Waals surface area contributed by atoms with Gasteiger partial charge in [0.2, 0.25) is 0 Å². The van der Waals surface area contributed by atoms with Crippen LogP contribution in [0.4, 0.5) is 18.9 Å². The lowest BCUT2D eigenvalue weighted by atomic mass is 9.96. The molecule has 0 amide bonds. The van der Waals surface area contributed by atoms with Gasteiger partial charge in [0, 0.05) is 16.2 Å². The van der Waals surface area contributed by atoms with Gasteiger partial charge in [0.05, 0.1) is 5.56 Å². The maximum atomic E-state index is 12.8. The maximum Gasteiger partial charge on any atom is 0.416 e. The van der Waals surface area contributed by atoms with E-state index in [0.29, 0.717) is 21.3 Å². The first-order chi connectivity index (χ1) is 9.84. The fourth-order valence-corrected chi connectivity index (χ4v) is 3.20. The molecule has 1 aliphatic rings. The zero-order valence-electron chi connectivity index (χ0n) is 11.3. The molecule has 0 radical (unpaired) electrons. The van der Waals surface area contributed by atoms with Crippen molar-refractivity contribution >= 4 is 38.9 Å². The Labute approximate surface area is 135 Å². The topological polar surface area (TPSA) is 24.1 Å². The predicted molar refractivity (Wildman–Crippen MR) is 85.4 cm³/mol. The number of anilines is 1. The monoisotopic (exact) mass is 380 g/mol. The van der Waals surface area contributed by atoms with Gasteiger partial charge in [-0.1, -0.05) is 35.2 Å². The largest absolute Gasteiger partial charge is 0.416 e. The zero-order valence-corrected chi connectivity index (χ0v) is 13.7. The van der Waals surface area contributed by atoms with Crippen molar-refractivity contribution in [2.45, 2.75) is 44.3 Å². The lowest BCUT2D eigenvalue weighted by Crippen LogP contribution is -2.38. The number of hydrogen-bond donors (Lipinski definition) is 2. The van der Waals surface area contributed by atoms with E-state index in [1.807, 2.05) is 0 Å². The second-order valence-corrected chi connectivity index (χ2v) is 6.48. The maximum absolute atomic E-state index is 12.8. The molecule has 0 spiro atoms. The molecule has 0 bridgehead atoms. The van der Waals surface area contributed by atoms with Crippen LogP contribution < -0.4 is 10.6 Å². The normalized spacial score (nSPS) is 16.6. The quantitative estimate of drug-likeness (QED) is 0.698. The molecule has 0 saturated heterocycles. The highest BCUT2D eigenvalue weighted by molar-refractivity contribution is 9.10. The summed E-state index contributed by atoms with van der Waals surface area (Å²) in [6.07, 6.45) is 1.28. The van der Waals surface area contributed by atoms with Crippen molar-refractivity contribution in [3.8, 4) is 0 Å². The number of alkyl halides is 3. The molecule has 0 aromatic heterocycles. The molecule has 1 fully saturated rings. The van der Waals surface area contributed by atoms with E-state index < -0.39 is 11.7 Å². The molecular formula is C14H16BrF3N2S. The number of hydrogen-bond acceptors (Lipinski definition) is 1. The first-order valence-corrected chi connectivity index (χ1v) is 8.00. The standard InChI is InChI=1S/C14H16BrF3N2S/c15-10-6-9(14(16,17)18)7-12(8-10)20-13(21)19-11-4-2-1-3-5-11/h6-8,11H,1-5H2,(H2,19,20,21). The lowest BCUT2D eigenvalue weighted by molar-refractivity contribution is -0.137. The molecule has 0 atom stereocenters. The highest BCUT2D eigenvalue weighted by atomic mass is 79.9. The van der Waals surface area contributed by atoms with Gasteiger partial charge in [0.15, 0.2) is 5.11 Å². The molecule has 0 heterocycles. The molecule has 1 aromatic carbocycles. The Morgan fingerprint density at radius 1 is 1.14 bits per heavy atom. The third kappa shape index (κ3) is 5.14. The minimum atomic E-state index is -4.38. The Morgan fingerprint density at radius 2 is 1.81 bits per heavy atom. The molecule has 1 saturated carbocycles. The predicted octanol–water partition coefficient (Wildman–Crippen LogP) is 5.09. The first kappa shape index (κ1) is 16.5. The summed E-state index contributed by atoms with van der Waals surface area (Å²) in [6, 6.07) is 3.99. The van der Waals surface area contributed by atoms with E-state index >= 15 is 0 Å². The van der Waals surface area contributed by atoms with Crippen molar-refractivity contribution < 1.29 is 13.2 Å². The van der Waals surface area contributed by atoms with Crippen LogP contribution in [0.1, 0.15) is 37.7 Å². The van der Waals surface area contributed by atoms with Crippen LogP contribution in [0.2, 0.25) is 0 Å². The lowest BCUT2D eigenvalue weighted by Gasteiger charge is -2.24. The van der Waals surface area contributed by atoms with Gasteiger partial charge in [-0.05, 0) is 43.3 Å². The van der Waals surface area contributed by atoms with E-state index in [2.05, 4.69) is 26.6 Å². The van der Waals surface area contributed by atoms with Crippen molar-refractivity contribution in [1.29, 1.82) is 0 Å². The van der Waals surface area contributed by atoms with E-state index in [4.69, 9.17) is 12.2 Å². The van der Waals surface area contributed by atoms with Crippen LogP contribution in [0, 0.1) is 0 Å². The average molecular weight is 381 g/mol. The third-order valence-corrected chi connectivity index (χ3v) is 4.10. The van der Waals surface area contributed by atoms with Crippen molar-refractivity contribution in [2.24, 2.45) is 0 Å². The zero-order chi connectivity index (χ0) is 15.5. The van der Waals surface area contributed by atoms with Crippen molar-refractivity contribution in [1.82, 2.24) is 5.32 Å². The fourth-order valence-electron chi connectivity index (χ4n) is 2.42. The summed E-state index contributed by atoms with van der Waals surface area (Å²) in [5.74, 6) is 0. The van der Waals surface area contributed by atoms with Gasteiger partial charge in [-0.2, -0.15) is 13.2 Å². The second-order valence-electron chi connectivity index (χ2n) is 5.16. The number of benzene rings is 1. The Morgan fingerprint density at radius 3 is 2.43 bits per heavy atom. The summed E-state index contributed by atoms with van der Waals surface area (Å²) in [5, 5.41) is 6.37. The molecule has 1 aliphatic carbocycles. The smallest absolute Gasteiger partial charge is 0.360 e. The average Bonchev–Trinajstić information content (AvgIpc) is 2.37. The van der Waals surface area contributed by atoms with Gasteiger partial charge in [-0.15, -0.1) is 0 Å². The molecule has 2 nitrogen and oxygen atoms in total. The van der Waals surface area contributed by atoms with Crippen molar-refractivity contribution in [2.75, 3.05) is 5.32 Å². The summed E-state index contributed by atoms with van der Waals surface area (Å²) in [4.78, 5) is 0. The van der Waals surface area contributed by atoms with E-state index in [-0.39, 0.29) is 0 Å². The molecule has 7 heteroatoms. The van der Waals surface area contributed by atoms with Gasteiger partial charge < -0.3 is 10.6 Å². The first-order valence-electron chi connectivity index (χ1n) is 6.80. The van der Waals surface area contributed by atoms with Crippen LogP contribution in [0.15, 0.2) is 22.7 Å². The molecular weight excluding hydrogens is 365 g/mol. The minimum absolute atomic E-state index is 0.313.